The van der Waals surface area contributed by atoms with Crippen LogP contribution in [0.3, 0.4) is 0 Å². The fraction of sp³-hybridized carbons (Fsp3) is 0.286. The molecule has 1 aromatic heterocycles. The molecule has 152 valence electrons. The summed E-state index contributed by atoms with van der Waals surface area (Å²) in [5, 5.41) is 11.8. The minimum atomic E-state index is -0.344. The van der Waals surface area contributed by atoms with E-state index in [2.05, 4.69) is 22.4 Å². The zero-order valence-electron chi connectivity index (χ0n) is 16.6. The van der Waals surface area contributed by atoms with Gasteiger partial charge in [0.05, 0.1) is 5.75 Å². The standard InChI is InChI=1S/C21H23FN4O2S/c1-4-26-19(12-28-18-10-5-14(2)15(3)11-18)24-25-21(26)29-13-20(27)23-17-8-6-16(22)7-9-17/h5-11H,4,12-13H2,1-3H3,(H,23,27). The Labute approximate surface area is 173 Å². The molecule has 1 N–H and O–H groups in total. The van der Waals surface area contributed by atoms with Gasteiger partial charge in [0.25, 0.3) is 0 Å². The summed E-state index contributed by atoms with van der Waals surface area (Å²) < 4.78 is 20.7. The Hall–Kier alpha value is -2.87. The maximum Gasteiger partial charge on any atom is 0.234 e. The number of carbonyl (C=O) groups is 1. The van der Waals surface area contributed by atoms with Gasteiger partial charge in [-0.25, -0.2) is 4.39 Å². The van der Waals surface area contributed by atoms with Crippen molar-refractivity contribution in [1.82, 2.24) is 14.8 Å². The van der Waals surface area contributed by atoms with Crippen molar-refractivity contribution in [3.8, 4) is 5.75 Å². The molecule has 0 fully saturated rings. The third-order valence-electron chi connectivity index (χ3n) is 4.42. The van der Waals surface area contributed by atoms with Gasteiger partial charge in [-0.15, -0.1) is 10.2 Å². The first-order chi connectivity index (χ1) is 14.0. The summed E-state index contributed by atoms with van der Waals surface area (Å²) in [7, 11) is 0. The SMILES string of the molecule is CCn1c(COc2ccc(C)c(C)c2)nnc1SCC(=O)Nc1ccc(F)cc1. The summed E-state index contributed by atoms with van der Waals surface area (Å²) >= 11 is 1.30. The first-order valence-electron chi connectivity index (χ1n) is 9.26. The van der Waals surface area contributed by atoms with Gasteiger partial charge in [0.1, 0.15) is 18.2 Å². The first kappa shape index (κ1) is 20.9. The van der Waals surface area contributed by atoms with E-state index in [1.54, 1.807) is 0 Å². The number of carbonyl (C=O) groups excluding carboxylic acids is 1. The minimum Gasteiger partial charge on any atom is -0.486 e. The molecule has 0 aliphatic rings. The van der Waals surface area contributed by atoms with E-state index < -0.39 is 0 Å². The summed E-state index contributed by atoms with van der Waals surface area (Å²) in [5.41, 5.74) is 2.94. The van der Waals surface area contributed by atoms with E-state index in [0.29, 0.717) is 29.8 Å². The Morgan fingerprint density at radius 1 is 1.14 bits per heavy atom. The lowest BCUT2D eigenvalue weighted by Crippen LogP contribution is -2.15. The highest BCUT2D eigenvalue weighted by Crippen LogP contribution is 2.20. The van der Waals surface area contributed by atoms with Gasteiger partial charge in [-0.1, -0.05) is 17.8 Å². The average Bonchev–Trinajstić information content (AvgIpc) is 3.11. The molecule has 1 heterocycles. The maximum atomic E-state index is 12.9. The van der Waals surface area contributed by atoms with Crippen LogP contribution >= 0.6 is 11.8 Å². The molecule has 6 nitrogen and oxygen atoms in total. The molecule has 0 radical (unpaired) electrons. The number of benzene rings is 2. The van der Waals surface area contributed by atoms with E-state index in [9.17, 15) is 9.18 Å². The van der Waals surface area contributed by atoms with Crippen LogP contribution in [-0.4, -0.2) is 26.4 Å². The highest BCUT2D eigenvalue weighted by molar-refractivity contribution is 7.99. The summed E-state index contributed by atoms with van der Waals surface area (Å²) in [6.45, 7) is 7.06. The number of anilines is 1. The Balaban J connectivity index is 1.57. The van der Waals surface area contributed by atoms with E-state index in [0.717, 1.165) is 5.75 Å². The number of hydrogen-bond acceptors (Lipinski definition) is 5. The third-order valence-corrected chi connectivity index (χ3v) is 5.38. The molecule has 1 amide bonds. The van der Waals surface area contributed by atoms with Crippen molar-refractivity contribution in [1.29, 1.82) is 0 Å². The molecule has 29 heavy (non-hydrogen) atoms. The Bertz CT molecular complexity index is 989. The highest BCUT2D eigenvalue weighted by atomic mass is 32.2. The molecule has 0 spiro atoms. The van der Waals surface area contributed by atoms with Crippen LogP contribution in [0.5, 0.6) is 5.75 Å². The van der Waals surface area contributed by atoms with Gasteiger partial charge < -0.3 is 14.6 Å². The second-order valence-corrected chi connectivity index (χ2v) is 7.46. The summed E-state index contributed by atoms with van der Waals surface area (Å²) in [4.78, 5) is 12.1. The van der Waals surface area contributed by atoms with Crippen LogP contribution in [0.1, 0.15) is 23.9 Å². The lowest BCUT2D eigenvalue weighted by Gasteiger charge is -2.10. The topological polar surface area (TPSA) is 69.0 Å². The summed E-state index contributed by atoms with van der Waals surface area (Å²) in [6, 6.07) is 11.6. The zero-order chi connectivity index (χ0) is 20.8. The average molecular weight is 415 g/mol. The highest BCUT2D eigenvalue weighted by Gasteiger charge is 2.14. The van der Waals surface area contributed by atoms with Crippen LogP contribution in [0.15, 0.2) is 47.6 Å². The van der Waals surface area contributed by atoms with Crippen LogP contribution in [0, 0.1) is 19.7 Å². The van der Waals surface area contributed by atoms with Crippen molar-refractivity contribution in [2.45, 2.75) is 39.1 Å². The fourth-order valence-corrected chi connectivity index (χ4v) is 3.48. The van der Waals surface area contributed by atoms with Crippen LogP contribution < -0.4 is 10.1 Å². The van der Waals surface area contributed by atoms with Crippen molar-refractivity contribution in [3.05, 3.63) is 65.2 Å². The number of thioether (sulfide) groups is 1. The summed E-state index contributed by atoms with van der Waals surface area (Å²) in [6.07, 6.45) is 0. The number of ether oxygens (including phenoxy) is 1. The van der Waals surface area contributed by atoms with Crippen LogP contribution in [-0.2, 0) is 17.9 Å². The van der Waals surface area contributed by atoms with Gasteiger partial charge in [0.2, 0.25) is 5.91 Å². The number of nitrogens with zero attached hydrogens (tertiary/aromatic N) is 3. The number of halogens is 1. The van der Waals surface area contributed by atoms with Gasteiger partial charge in [-0.05, 0) is 68.3 Å². The van der Waals surface area contributed by atoms with Gasteiger partial charge in [-0.2, -0.15) is 0 Å². The normalized spacial score (nSPS) is 10.8. The molecular formula is C21H23FN4O2S. The van der Waals surface area contributed by atoms with Crippen molar-refractivity contribution >= 4 is 23.4 Å². The van der Waals surface area contributed by atoms with Gasteiger partial charge >= 0.3 is 0 Å². The monoisotopic (exact) mass is 414 g/mol. The predicted molar refractivity (Wildman–Crippen MR) is 112 cm³/mol. The lowest BCUT2D eigenvalue weighted by atomic mass is 10.1. The Kier molecular flexibility index (Phi) is 6.87. The van der Waals surface area contributed by atoms with Gasteiger partial charge in [-0.3, -0.25) is 4.79 Å². The maximum absolute atomic E-state index is 12.9. The van der Waals surface area contributed by atoms with Gasteiger partial charge in [0.15, 0.2) is 11.0 Å². The molecule has 8 heteroatoms. The van der Waals surface area contributed by atoms with Crippen molar-refractivity contribution < 1.29 is 13.9 Å². The predicted octanol–water partition coefficient (Wildman–Crippen LogP) is 4.36. The van der Waals surface area contributed by atoms with E-state index in [1.165, 1.54) is 47.2 Å². The van der Waals surface area contributed by atoms with E-state index in [-0.39, 0.29) is 17.5 Å². The summed E-state index contributed by atoms with van der Waals surface area (Å²) in [5.74, 6) is 1.12. The molecule has 2 aromatic carbocycles. The Morgan fingerprint density at radius 2 is 1.90 bits per heavy atom. The minimum absolute atomic E-state index is 0.174. The zero-order valence-corrected chi connectivity index (χ0v) is 17.4. The smallest absolute Gasteiger partial charge is 0.234 e. The van der Waals surface area contributed by atoms with Crippen LogP contribution in [0.25, 0.3) is 0 Å². The second kappa shape index (κ2) is 9.56. The number of aromatic nitrogens is 3. The second-order valence-electron chi connectivity index (χ2n) is 6.52. The fourth-order valence-electron chi connectivity index (χ4n) is 2.66. The number of amides is 1. The lowest BCUT2D eigenvalue weighted by molar-refractivity contribution is -0.113. The van der Waals surface area contributed by atoms with E-state index in [1.807, 2.05) is 36.6 Å². The molecule has 0 aliphatic heterocycles. The van der Waals surface area contributed by atoms with Crippen molar-refractivity contribution in [2.24, 2.45) is 0 Å². The van der Waals surface area contributed by atoms with Gasteiger partial charge in [0, 0.05) is 12.2 Å². The molecule has 0 saturated heterocycles. The molecule has 0 atom stereocenters. The van der Waals surface area contributed by atoms with Crippen LogP contribution in [0.2, 0.25) is 0 Å². The molecule has 3 aromatic rings. The largest absolute Gasteiger partial charge is 0.486 e. The molecule has 3 rings (SSSR count). The van der Waals surface area contributed by atoms with Crippen molar-refractivity contribution in [2.75, 3.05) is 11.1 Å². The van der Waals surface area contributed by atoms with E-state index in [4.69, 9.17) is 4.74 Å². The molecule has 0 unspecified atom stereocenters. The molecule has 0 bridgehead atoms. The molecular weight excluding hydrogens is 391 g/mol. The quantitative estimate of drug-likeness (QED) is 0.555. The molecule has 0 saturated carbocycles. The number of aryl methyl sites for hydroxylation is 2. The number of nitrogens with one attached hydrogen (secondary N) is 1. The number of hydrogen-bond donors (Lipinski definition) is 1. The number of rotatable bonds is 8. The third kappa shape index (κ3) is 5.57. The first-order valence-corrected chi connectivity index (χ1v) is 10.2. The van der Waals surface area contributed by atoms with E-state index >= 15 is 0 Å². The van der Waals surface area contributed by atoms with Crippen LogP contribution in [0.4, 0.5) is 10.1 Å². The Morgan fingerprint density at radius 3 is 2.59 bits per heavy atom. The van der Waals surface area contributed by atoms with Crippen molar-refractivity contribution in [3.63, 3.8) is 0 Å². The molecule has 0 aliphatic carbocycles.